The fourth-order valence-electron chi connectivity index (χ4n) is 1.76. The van der Waals surface area contributed by atoms with E-state index in [1.807, 2.05) is 0 Å². The number of morpholine rings is 1. The number of hydrogen-bond acceptors (Lipinski definition) is 6. The van der Waals surface area contributed by atoms with Gasteiger partial charge in [0.05, 0.1) is 13.2 Å². The summed E-state index contributed by atoms with van der Waals surface area (Å²) in [5.74, 6) is 1.21. The maximum Gasteiger partial charge on any atom is 0.205 e. The molecule has 3 N–H and O–H groups in total. The summed E-state index contributed by atoms with van der Waals surface area (Å²) in [6.45, 7) is 3.09. The molecule has 84 valence electrons. The number of nitrogens with two attached hydrogens (primary N) is 1. The van der Waals surface area contributed by atoms with Crippen molar-refractivity contribution < 1.29 is 4.74 Å². The highest BCUT2D eigenvalue weighted by atomic mass is 16.5. The molecule has 0 saturated carbocycles. The standard InChI is InChI=1S/C9H12N6O/c10-7-6-8(12-5-11-7)14-9(13-6)15-1-3-16-4-2-15/h5H,1-4H2,(H3,10,11,12,13,14). The highest BCUT2D eigenvalue weighted by Gasteiger charge is 2.16. The van der Waals surface area contributed by atoms with Gasteiger partial charge in [-0.25, -0.2) is 9.97 Å². The molecule has 0 radical (unpaired) electrons. The number of H-pyrrole nitrogens is 1. The molecule has 3 rings (SSSR count). The monoisotopic (exact) mass is 220 g/mol. The first-order chi connectivity index (χ1) is 7.84. The first-order valence-corrected chi connectivity index (χ1v) is 5.13. The van der Waals surface area contributed by atoms with Crippen molar-refractivity contribution in [2.45, 2.75) is 0 Å². The molecular formula is C9H12N6O. The van der Waals surface area contributed by atoms with E-state index in [2.05, 4.69) is 24.8 Å². The topological polar surface area (TPSA) is 92.9 Å². The Labute approximate surface area is 91.6 Å². The minimum absolute atomic E-state index is 0.428. The predicted octanol–water partition coefficient (Wildman–Crippen LogP) is -0.228. The molecule has 0 aromatic carbocycles. The van der Waals surface area contributed by atoms with E-state index in [4.69, 9.17) is 10.5 Å². The molecule has 1 fully saturated rings. The Morgan fingerprint density at radius 2 is 2.12 bits per heavy atom. The van der Waals surface area contributed by atoms with Crippen LogP contribution in [0, 0.1) is 0 Å². The molecule has 2 aromatic rings. The van der Waals surface area contributed by atoms with Crippen molar-refractivity contribution >= 4 is 22.9 Å². The number of aromatic amines is 1. The molecule has 0 amide bonds. The van der Waals surface area contributed by atoms with Gasteiger partial charge in [-0.15, -0.1) is 0 Å². The number of aromatic nitrogens is 4. The van der Waals surface area contributed by atoms with Crippen molar-refractivity contribution in [1.82, 2.24) is 19.9 Å². The van der Waals surface area contributed by atoms with Crippen LogP contribution in [-0.4, -0.2) is 46.2 Å². The normalized spacial score (nSPS) is 16.9. The van der Waals surface area contributed by atoms with Gasteiger partial charge in [0.15, 0.2) is 11.5 Å². The van der Waals surface area contributed by atoms with Crippen molar-refractivity contribution in [3.8, 4) is 0 Å². The average Bonchev–Trinajstić information content (AvgIpc) is 2.76. The number of ether oxygens (including phenoxy) is 1. The minimum atomic E-state index is 0.428. The average molecular weight is 220 g/mol. The van der Waals surface area contributed by atoms with Gasteiger partial charge in [0.2, 0.25) is 5.95 Å². The Kier molecular flexibility index (Phi) is 2.10. The van der Waals surface area contributed by atoms with Gasteiger partial charge in [0, 0.05) is 13.1 Å². The summed E-state index contributed by atoms with van der Waals surface area (Å²) < 4.78 is 5.28. The van der Waals surface area contributed by atoms with Gasteiger partial charge in [-0.05, 0) is 0 Å². The van der Waals surface area contributed by atoms with E-state index in [9.17, 15) is 0 Å². The van der Waals surface area contributed by atoms with E-state index >= 15 is 0 Å². The third-order valence-corrected chi connectivity index (χ3v) is 2.62. The second-order valence-corrected chi connectivity index (χ2v) is 3.62. The van der Waals surface area contributed by atoms with Gasteiger partial charge in [-0.1, -0.05) is 0 Å². The van der Waals surface area contributed by atoms with E-state index in [-0.39, 0.29) is 0 Å². The largest absolute Gasteiger partial charge is 0.382 e. The lowest BCUT2D eigenvalue weighted by atomic mass is 10.4. The van der Waals surface area contributed by atoms with E-state index in [0.717, 1.165) is 32.3 Å². The van der Waals surface area contributed by atoms with E-state index in [0.29, 0.717) is 17.0 Å². The fourth-order valence-corrected chi connectivity index (χ4v) is 1.76. The molecule has 1 aliphatic heterocycles. The number of anilines is 2. The molecule has 16 heavy (non-hydrogen) atoms. The van der Waals surface area contributed by atoms with Crippen molar-refractivity contribution in [2.75, 3.05) is 36.9 Å². The zero-order valence-corrected chi connectivity index (χ0v) is 8.68. The smallest absolute Gasteiger partial charge is 0.205 e. The Morgan fingerprint density at radius 3 is 2.88 bits per heavy atom. The van der Waals surface area contributed by atoms with Crippen molar-refractivity contribution in [1.29, 1.82) is 0 Å². The van der Waals surface area contributed by atoms with Crippen molar-refractivity contribution in [3.63, 3.8) is 0 Å². The Balaban J connectivity index is 2.01. The van der Waals surface area contributed by atoms with Gasteiger partial charge in [0.1, 0.15) is 11.8 Å². The number of nitrogens with one attached hydrogen (secondary N) is 1. The summed E-state index contributed by atoms with van der Waals surface area (Å²) in [4.78, 5) is 17.6. The SMILES string of the molecule is Nc1ncnc2nc(N3CCOCC3)[nH]c12. The summed E-state index contributed by atoms with van der Waals surface area (Å²) in [6.07, 6.45) is 1.42. The van der Waals surface area contributed by atoms with Gasteiger partial charge < -0.3 is 20.4 Å². The molecular weight excluding hydrogens is 208 g/mol. The molecule has 1 saturated heterocycles. The summed E-state index contributed by atoms with van der Waals surface area (Å²) in [5.41, 5.74) is 7.04. The van der Waals surface area contributed by atoms with Crippen LogP contribution in [0.5, 0.6) is 0 Å². The minimum Gasteiger partial charge on any atom is -0.382 e. The lowest BCUT2D eigenvalue weighted by Crippen LogP contribution is -2.36. The zero-order valence-electron chi connectivity index (χ0n) is 8.68. The molecule has 0 unspecified atom stereocenters. The van der Waals surface area contributed by atoms with Crippen LogP contribution in [-0.2, 0) is 4.74 Å². The maximum atomic E-state index is 5.73. The summed E-state index contributed by atoms with van der Waals surface area (Å²) in [6, 6.07) is 0. The van der Waals surface area contributed by atoms with Gasteiger partial charge >= 0.3 is 0 Å². The quantitative estimate of drug-likeness (QED) is 0.689. The summed E-state index contributed by atoms with van der Waals surface area (Å²) in [7, 11) is 0. The molecule has 1 aliphatic rings. The molecule has 7 nitrogen and oxygen atoms in total. The molecule has 7 heteroatoms. The first kappa shape index (κ1) is 9.34. The second kappa shape index (κ2) is 3.60. The van der Waals surface area contributed by atoms with Crippen molar-refractivity contribution in [3.05, 3.63) is 6.33 Å². The van der Waals surface area contributed by atoms with E-state index in [1.165, 1.54) is 6.33 Å². The lowest BCUT2D eigenvalue weighted by Gasteiger charge is -2.25. The van der Waals surface area contributed by atoms with Crippen LogP contribution in [0.4, 0.5) is 11.8 Å². The van der Waals surface area contributed by atoms with Crippen LogP contribution < -0.4 is 10.6 Å². The van der Waals surface area contributed by atoms with Crippen LogP contribution in [0.25, 0.3) is 11.2 Å². The van der Waals surface area contributed by atoms with Gasteiger partial charge in [-0.3, -0.25) is 0 Å². The van der Waals surface area contributed by atoms with E-state index < -0.39 is 0 Å². The third-order valence-electron chi connectivity index (χ3n) is 2.62. The Morgan fingerprint density at radius 1 is 1.31 bits per heavy atom. The van der Waals surface area contributed by atoms with Crippen molar-refractivity contribution in [2.24, 2.45) is 0 Å². The van der Waals surface area contributed by atoms with Gasteiger partial charge in [-0.2, -0.15) is 4.98 Å². The predicted molar refractivity (Wildman–Crippen MR) is 59.1 cm³/mol. The van der Waals surface area contributed by atoms with Crippen LogP contribution in [0.3, 0.4) is 0 Å². The molecule has 2 aromatic heterocycles. The highest BCUT2D eigenvalue weighted by Crippen LogP contribution is 2.19. The lowest BCUT2D eigenvalue weighted by molar-refractivity contribution is 0.122. The highest BCUT2D eigenvalue weighted by molar-refractivity contribution is 5.83. The Bertz CT molecular complexity index is 504. The number of fused-ring (bicyclic) bond motifs is 1. The Hall–Kier alpha value is -1.89. The second-order valence-electron chi connectivity index (χ2n) is 3.62. The first-order valence-electron chi connectivity index (χ1n) is 5.13. The number of rotatable bonds is 1. The van der Waals surface area contributed by atoms with Gasteiger partial charge in [0.25, 0.3) is 0 Å². The molecule has 0 bridgehead atoms. The van der Waals surface area contributed by atoms with Crippen LogP contribution in [0.15, 0.2) is 6.33 Å². The number of nitrogen functional groups attached to an aromatic ring is 1. The fraction of sp³-hybridized carbons (Fsp3) is 0.444. The molecule has 0 aliphatic carbocycles. The van der Waals surface area contributed by atoms with Crippen LogP contribution in [0.2, 0.25) is 0 Å². The summed E-state index contributed by atoms with van der Waals surface area (Å²) >= 11 is 0. The van der Waals surface area contributed by atoms with Crippen LogP contribution >= 0.6 is 0 Å². The zero-order chi connectivity index (χ0) is 11.0. The number of hydrogen-bond donors (Lipinski definition) is 2. The maximum absolute atomic E-state index is 5.73. The molecule has 0 atom stereocenters. The molecule has 0 spiro atoms. The van der Waals surface area contributed by atoms with E-state index in [1.54, 1.807) is 0 Å². The number of nitrogens with zero attached hydrogens (tertiary/aromatic N) is 4. The van der Waals surface area contributed by atoms with Crippen LogP contribution in [0.1, 0.15) is 0 Å². The summed E-state index contributed by atoms with van der Waals surface area (Å²) in [5, 5.41) is 0. The number of imidazole rings is 1. The molecule has 3 heterocycles. The third kappa shape index (κ3) is 1.45.